The van der Waals surface area contributed by atoms with Crippen LogP contribution in [0.25, 0.3) is 0 Å². The van der Waals surface area contributed by atoms with Crippen LogP contribution >= 0.6 is 31.9 Å². The van der Waals surface area contributed by atoms with Gasteiger partial charge < -0.3 is 10.1 Å². The average Bonchev–Trinajstić information content (AvgIpc) is 2.40. The van der Waals surface area contributed by atoms with E-state index in [0.29, 0.717) is 12.1 Å². The van der Waals surface area contributed by atoms with Gasteiger partial charge in [0.15, 0.2) is 0 Å². The molecule has 2 nitrogen and oxygen atoms in total. The minimum atomic E-state index is -0.276. The van der Waals surface area contributed by atoms with E-state index in [1.807, 2.05) is 25.2 Å². The number of hydrogen-bond acceptors (Lipinski definition) is 2. The van der Waals surface area contributed by atoms with E-state index >= 15 is 0 Å². The number of nitrogens with one attached hydrogen (secondary N) is 1. The monoisotopic (exact) mass is 401 g/mol. The zero-order valence-electron chi connectivity index (χ0n) is 10.9. The second-order valence-corrected chi connectivity index (χ2v) is 6.05. The van der Waals surface area contributed by atoms with Gasteiger partial charge in [-0.25, -0.2) is 4.39 Å². The van der Waals surface area contributed by atoms with Crippen LogP contribution in [0.1, 0.15) is 11.1 Å². The summed E-state index contributed by atoms with van der Waals surface area (Å²) in [6.45, 7) is 0.885. The number of halogens is 3. The first-order chi connectivity index (χ1) is 9.61. The van der Waals surface area contributed by atoms with Crippen molar-refractivity contribution in [2.24, 2.45) is 0 Å². The molecule has 2 aromatic rings. The summed E-state index contributed by atoms with van der Waals surface area (Å²) in [6, 6.07) is 10.8. The molecule has 0 unspecified atom stereocenters. The van der Waals surface area contributed by atoms with Gasteiger partial charge in [0.25, 0.3) is 0 Å². The van der Waals surface area contributed by atoms with Crippen molar-refractivity contribution in [3.05, 3.63) is 62.3 Å². The van der Waals surface area contributed by atoms with Gasteiger partial charge in [-0.1, -0.05) is 34.1 Å². The van der Waals surface area contributed by atoms with E-state index in [2.05, 4.69) is 37.2 Å². The summed E-state index contributed by atoms with van der Waals surface area (Å²) in [4.78, 5) is 0. The number of benzene rings is 2. The Balaban J connectivity index is 2.18. The second kappa shape index (κ2) is 7.20. The van der Waals surface area contributed by atoms with E-state index in [1.165, 1.54) is 6.07 Å². The van der Waals surface area contributed by atoms with Crippen LogP contribution in [0, 0.1) is 5.82 Å². The standard InChI is InChI=1S/C15H14Br2FNO/c1-19-8-10-3-2-4-13(17)15(10)20-9-11-5-6-12(16)7-14(11)18/h2-7,19H,8-9H2,1H3. The lowest BCUT2D eigenvalue weighted by molar-refractivity contribution is 0.294. The van der Waals surface area contributed by atoms with Gasteiger partial charge in [0, 0.05) is 22.1 Å². The lowest BCUT2D eigenvalue weighted by Gasteiger charge is -2.13. The Hall–Kier alpha value is -0.910. The van der Waals surface area contributed by atoms with Crippen molar-refractivity contribution in [2.45, 2.75) is 13.2 Å². The van der Waals surface area contributed by atoms with E-state index in [9.17, 15) is 4.39 Å². The molecule has 0 aromatic heterocycles. The molecule has 20 heavy (non-hydrogen) atoms. The first kappa shape index (κ1) is 15.5. The zero-order chi connectivity index (χ0) is 14.5. The smallest absolute Gasteiger partial charge is 0.138 e. The topological polar surface area (TPSA) is 21.3 Å². The average molecular weight is 403 g/mol. The molecule has 0 aliphatic heterocycles. The van der Waals surface area contributed by atoms with Gasteiger partial charge in [-0.2, -0.15) is 0 Å². The first-order valence-electron chi connectivity index (χ1n) is 6.10. The van der Waals surface area contributed by atoms with Crippen LogP contribution in [0.5, 0.6) is 5.75 Å². The van der Waals surface area contributed by atoms with Crippen molar-refractivity contribution in [1.82, 2.24) is 5.32 Å². The number of para-hydroxylation sites is 1. The normalized spacial score (nSPS) is 10.6. The highest BCUT2D eigenvalue weighted by atomic mass is 79.9. The van der Waals surface area contributed by atoms with Crippen LogP contribution in [0.4, 0.5) is 4.39 Å². The van der Waals surface area contributed by atoms with E-state index in [0.717, 1.165) is 20.3 Å². The van der Waals surface area contributed by atoms with Crippen molar-refractivity contribution in [3.8, 4) is 5.75 Å². The molecule has 0 radical (unpaired) electrons. The third-order valence-corrected chi connectivity index (χ3v) is 3.92. The lowest BCUT2D eigenvalue weighted by Crippen LogP contribution is -2.08. The summed E-state index contributed by atoms with van der Waals surface area (Å²) in [7, 11) is 1.87. The van der Waals surface area contributed by atoms with Gasteiger partial charge in [0.2, 0.25) is 0 Å². The van der Waals surface area contributed by atoms with Gasteiger partial charge in [-0.05, 0) is 41.2 Å². The maximum absolute atomic E-state index is 13.8. The number of hydrogen-bond donors (Lipinski definition) is 1. The Bertz CT molecular complexity index is 604. The SMILES string of the molecule is CNCc1cccc(Br)c1OCc1ccc(Br)cc1F. The van der Waals surface area contributed by atoms with Crippen LogP contribution in [-0.4, -0.2) is 7.05 Å². The summed E-state index contributed by atoms with van der Waals surface area (Å²) in [5.41, 5.74) is 1.55. The first-order valence-corrected chi connectivity index (χ1v) is 7.69. The molecule has 106 valence electrons. The van der Waals surface area contributed by atoms with Crippen LogP contribution in [-0.2, 0) is 13.2 Å². The summed E-state index contributed by atoms with van der Waals surface area (Å²) < 4.78 is 21.1. The largest absolute Gasteiger partial charge is 0.487 e. The molecule has 0 aliphatic rings. The summed E-state index contributed by atoms with van der Waals surface area (Å²) >= 11 is 6.71. The fraction of sp³-hybridized carbons (Fsp3) is 0.200. The Morgan fingerprint density at radius 2 is 1.95 bits per heavy atom. The molecule has 0 atom stereocenters. The second-order valence-electron chi connectivity index (χ2n) is 4.28. The molecular weight excluding hydrogens is 389 g/mol. The van der Waals surface area contributed by atoms with Crippen molar-refractivity contribution in [2.75, 3.05) is 7.05 Å². The molecule has 0 aliphatic carbocycles. The van der Waals surface area contributed by atoms with Crippen LogP contribution in [0.2, 0.25) is 0 Å². The minimum absolute atomic E-state index is 0.193. The molecule has 0 saturated heterocycles. The van der Waals surface area contributed by atoms with Gasteiger partial charge in [0.1, 0.15) is 18.2 Å². The third kappa shape index (κ3) is 3.81. The van der Waals surface area contributed by atoms with Gasteiger partial charge in [0.05, 0.1) is 4.47 Å². The molecule has 0 fully saturated rings. The maximum atomic E-state index is 13.8. The molecule has 0 amide bonds. The van der Waals surface area contributed by atoms with E-state index < -0.39 is 0 Å². The van der Waals surface area contributed by atoms with Crippen molar-refractivity contribution < 1.29 is 9.13 Å². The summed E-state index contributed by atoms with van der Waals surface area (Å²) in [5, 5.41) is 3.09. The molecule has 2 aromatic carbocycles. The van der Waals surface area contributed by atoms with Crippen LogP contribution in [0.3, 0.4) is 0 Å². The van der Waals surface area contributed by atoms with E-state index in [-0.39, 0.29) is 12.4 Å². The van der Waals surface area contributed by atoms with E-state index in [1.54, 1.807) is 12.1 Å². The van der Waals surface area contributed by atoms with Crippen molar-refractivity contribution >= 4 is 31.9 Å². The fourth-order valence-corrected chi connectivity index (χ4v) is 2.69. The summed E-state index contributed by atoms with van der Waals surface area (Å²) in [5.74, 6) is 0.464. The van der Waals surface area contributed by atoms with Gasteiger partial charge in [-0.15, -0.1) is 0 Å². The predicted molar refractivity (Wildman–Crippen MR) is 85.3 cm³/mol. The Morgan fingerprint density at radius 1 is 1.15 bits per heavy atom. The van der Waals surface area contributed by atoms with Crippen LogP contribution in [0.15, 0.2) is 45.3 Å². The molecule has 1 N–H and O–H groups in total. The van der Waals surface area contributed by atoms with Crippen molar-refractivity contribution in [1.29, 1.82) is 0 Å². The predicted octanol–water partition coefficient (Wildman–Crippen LogP) is 4.65. The number of rotatable bonds is 5. The molecule has 5 heteroatoms. The maximum Gasteiger partial charge on any atom is 0.138 e. The number of ether oxygens (including phenoxy) is 1. The highest BCUT2D eigenvalue weighted by Crippen LogP contribution is 2.30. The minimum Gasteiger partial charge on any atom is -0.487 e. The lowest BCUT2D eigenvalue weighted by atomic mass is 10.2. The Morgan fingerprint density at radius 3 is 2.65 bits per heavy atom. The molecular formula is C15H14Br2FNO. The van der Waals surface area contributed by atoms with Crippen LogP contribution < -0.4 is 10.1 Å². The highest BCUT2D eigenvalue weighted by Gasteiger charge is 2.09. The highest BCUT2D eigenvalue weighted by molar-refractivity contribution is 9.10. The molecule has 0 spiro atoms. The van der Waals surface area contributed by atoms with Crippen molar-refractivity contribution in [3.63, 3.8) is 0 Å². The van der Waals surface area contributed by atoms with E-state index in [4.69, 9.17) is 4.74 Å². The zero-order valence-corrected chi connectivity index (χ0v) is 14.1. The fourth-order valence-electron chi connectivity index (χ4n) is 1.83. The van der Waals surface area contributed by atoms with Gasteiger partial charge >= 0.3 is 0 Å². The van der Waals surface area contributed by atoms with Gasteiger partial charge in [-0.3, -0.25) is 0 Å². The molecule has 0 saturated carbocycles. The molecule has 0 bridgehead atoms. The Kier molecular flexibility index (Phi) is 5.57. The quantitative estimate of drug-likeness (QED) is 0.785. The summed E-state index contributed by atoms with van der Waals surface area (Å²) in [6.07, 6.45) is 0. The third-order valence-electron chi connectivity index (χ3n) is 2.80. The molecule has 0 heterocycles. The molecule has 2 rings (SSSR count). The Labute approximate surface area is 134 Å².